The molecule has 0 spiro atoms. The van der Waals surface area contributed by atoms with Gasteiger partial charge in [-0.1, -0.05) is 6.42 Å². The number of H-pyrrole nitrogens is 1. The van der Waals surface area contributed by atoms with E-state index in [0.717, 1.165) is 23.7 Å². The summed E-state index contributed by atoms with van der Waals surface area (Å²) in [5.74, 6) is -0.102. The van der Waals surface area contributed by atoms with E-state index in [1.54, 1.807) is 12.1 Å². The number of piperidine rings is 2. The van der Waals surface area contributed by atoms with E-state index in [0.29, 0.717) is 23.5 Å². The summed E-state index contributed by atoms with van der Waals surface area (Å²) in [6.07, 6.45) is 5.85. The maximum Gasteiger partial charge on any atom is 0.290 e. The zero-order chi connectivity index (χ0) is 18.7. The molecule has 2 bridgehead atoms. The van der Waals surface area contributed by atoms with Crippen LogP contribution in [-0.4, -0.2) is 57.8 Å². The molecule has 8 nitrogen and oxygen atoms in total. The van der Waals surface area contributed by atoms with Gasteiger partial charge in [-0.2, -0.15) is 5.10 Å². The number of rotatable bonds is 2. The minimum absolute atomic E-state index is 0.102. The van der Waals surface area contributed by atoms with E-state index in [1.165, 1.54) is 19.3 Å². The van der Waals surface area contributed by atoms with Crippen molar-refractivity contribution in [2.45, 2.75) is 50.2 Å². The van der Waals surface area contributed by atoms with Crippen molar-refractivity contribution in [1.82, 2.24) is 20.4 Å². The van der Waals surface area contributed by atoms with Crippen molar-refractivity contribution in [1.29, 1.82) is 0 Å². The number of benzene rings is 1. The highest BCUT2D eigenvalue weighted by Crippen LogP contribution is 2.32. The van der Waals surface area contributed by atoms with Gasteiger partial charge in [0.2, 0.25) is 0 Å². The molecular formula is C18H25N5O3. The van der Waals surface area contributed by atoms with Gasteiger partial charge in [0.1, 0.15) is 0 Å². The number of carbonyl (C=O) groups excluding carboxylic acids is 1. The van der Waals surface area contributed by atoms with E-state index in [1.807, 2.05) is 6.07 Å². The Bertz CT molecular complexity index is 776. The van der Waals surface area contributed by atoms with Crippen LogP contribution in [0.15, 0.2) is 18.2 Å². The van der Waals surface area contributed by atoms with Crippen molar-refractivity contribution in [2.24, 2.45) is 0 Å². The van der Waals surface area contributed by atoms with Crippen LogP contribution in [-0.2, 0) is 4.79 Å². The fourth-order valence-corrected chi connectivity index (χ4v) is 4.19. The average molecular weight is 359 g/mol. The van der Waals surface area contributed by atoms with Crippen molar-refractivity contribution in [2.75, 3.05) is 12.8 Å². The van der Waals surface area contributed by atoms with Crippen molar-refractivity contribution in [3.05, 3.63) is 23.9 Å². The minimum Gasteiger partial charge on any atom is -0.483 e. The maximum absolute atomic E-state index is 12.7. The molecule has 2 fully saturated rings. The molecule has 4 rings (SSSR count). The highest BCUT2D eigenvalue weighted by molar-refractivity contribution is 6.05. The molecule has 2 unspecified atom stereocenters. The highest BCUT2D eigenvalue weighted by atomic mass is 16.3. The molecule has 2 atom stereocenters. The first-order chi connectivity index (χ1) is 12.5. The Morgan fingerprint density at radius 2 is 2.04 bits per heavy atom. The fourth-order valence-electron chi connectivity index (χ4n) is 4.19. The van der Waals surface area contributed by atoms with Crippen LogP contribution in [0.2, 0.25) is 0 Å². The van der Waals surface area contributed by atoms with Gasteiger partial charge >= 0.3 is 0 Å². The number of nitrogen functional groups attached to an aromatic ring is 1. The van der Waals surface area contributed by atoms with Crippen LogP contribution in [0.3, 0.4) is 0 Å². The lowest BCUT2D eigenvalue weighted by molar-refractivity contribution is -0.122. The number of nitrogens with one attached hydrogen (secondary N) is 2. The molecule has 8 heteroatoms. The molecule has 2 saturated heterocycles. The van der Waals surface area contributed by atoms with Crippen molar-refractivity contribution < 1.29 is 14.7 Å². The van der Waals surface area contributed by atoms with E-state index in [-0.39, 0.29) is 18.4 Å². The summed E-state index contributed by atoms with van der Waals surface area (Å²) >= 11 is 0. The molecule has 3 heterocycles. The number of hydrogen-bond acceptors (Lipinski definition) is 5. The number of nitrogens with zero attached hydrogens (tertiary/aromatic N) is 2. The molecule has 2 aromatic rings. The standard InChI is InChI=1S/C17H23N5O.CH2O2/c1-22-12-3-2-4-13(22)9-11(8-12)19-17(23)16-14-7-10(18)5-6-15(14)20-21-16;2-1-3/h5-7,11-13H,2-4,8-9,18H2,1H3,(H,19,23)(H,20,21);1H,(H,2,3). The van der Waals surface area contributed by atoms with Crippen LogP contribution < -0.4 is 11.1 Å². The number of aromatic nitrogens is 2. The van der Waals surface area contributed by atoms with Gasteiger partial charge in [0.15, 0.2) is 5.69 Å². The third-order valence-corrected chi connectivity index (χ3v) is 5.48. The van der Waals surface area contributed by atoms with E-state index in [9.17, 15) is 4.79 Å². The number of carbonyl (C=O) groups is 2. The van der Waals surface area contributed by atoms with Crippen LogP contribution in [0, 0.1) is 0 Å². The second kappa shape index (κ2) is 7.74. The average Bonchev–Trinajstić information content (AvgIpc) is 2.99. The number of amides is 1. The van der Waals surface area contributed by atoms with Crippen LogP contribution in [0.5, 0.6) is 0 Å². The Morgan fingerprint density at radius 1 is 1.38 bits per heavy atom. The minimum atomic E-state index is -0.250. The van der Waals surface area contributed by atoms with E-state index < -0.39 is 0 Å². The molecule has 0 saturated carbocycles. The maximum atomic E-state index is 12.7. The zero-order valence-corrected chi connectivity index (χ0v) is 14.8. The zero-order valence-electron chi connectivity index (χ0n) is 14.8. The molecule has 2 aliphatic rings. The molecular weight excluding hydrogens is 334 g/mol. The van der Waals surface area contributed by atoms with Gasteiger partial charge in [0.05, 0.1) is 5.52 Å². The second-order valence-electron chi connectivity index (χ2n) is 7.03. The van der Waals surface area contributed by atoms with E-state index in [4.69, 9.17) is 15.6 Å². The molecule has 1 amide bonds. The Hall–Kier alpha value is -2.61. The number of carboxylic acid groups (broad SMARTS) is 1. The summed E-state index contributed by atoms with van der Waals surface area (Å²) < 4.78 is 0. The number of aromatic amines is 1. The topological polar surface area (TPSA) is 124 Å². The summed E-state index contributed by atoms with van der Waals surface area (Å²) in [6, 6.07) is 6.90. The lowest BCUT2D eigenvalue weighted by Crippen LogP contribution is -2.55. The number of hydrogen-bond donors (Lipinski definition) is 4. The van der Waals surface area contributed by atoms with Crippen LogP contribution in [0.1, 0.15) is 42.6 Å². The predicted octanol–water partition coefficient (Wildman–Crippen LogP) is 1.59. The first-order valence-corrected chi connectivity index (χ1v) is 8.87. The van der Waals surface area contributed by atoms with E-state index >= 15 is 0 Å². The molecule has 2 aliphatic heterocycles. The first kappa shape index (κ1) is 18.2. The summed E-state index contributed by atoms with van der Waals surface area (Å²) in [4.78, 5) is 23.5. The summed E-state index contributed by atoms with van der Waals surface area (Å²) in [6.45, 7) is -0.250. The molecule has 26 heavy (non-hydrogen) atoms. The van der Waals surface area contributed by atoms with Gasteiger partial charge in [0.25, 0.3) is 12.4 Å². The summed E-state index contributed by atoms with van der Waals surface area (Å²) in [5, 5.41) is 18.0. The Kier molecular flexibility index (Phi) is 5.41. The molecule has 0 aliphatic carbocycles. The number of anilines is 1. The van der Waals surface area contributed by atoms with Crippen LogP contribution in [0.25, 0.3) is 10.9 Å². The third-order valence-electron chi connectivity index (χ3n) is 5.48. The fraction of sp³-hybridized carbons (Fsp3) is 0.500. The SMILES string of the molecule is CN1C2CCCC1CC(NC(=O)c1n[nH]c3ccc(N)cc13)C2.O=CO. The van der Waals surface area contributed by atoms with Crippen LogP contribution in [0.4, 0.5) is 5.69 Å². The van der Waals surface area contributed by atoms with Crippen LogP contribution >= 0.6 is 0 Å². The van der Waals surface area contributed by atoms with Gasteiger partial charge in [-0.3, -0.25) is 14.7 Å². The Labute approximate surface area is 151 Å². The molecule has 1 aromatic heterocycles. The normalized spacial score (nSPS) is 25.2. The number of fused-ring (bicyclic) bond motifs is 3. The molecule has 5 N–H and O–H groups in total. The predicted molar refractivity (Wildman–Crippen MR) is 98.9 cm³/mol. The van der Waals surface area contributed by atoms with Gasteiger partial charge in [0, 0.05) is 29.2 Å². The van der Waals surface area contributed by atoms with E-state index in [2.05, 4.69) is 27.5 Å². The van der Waals surface area contributed by atoms with Crippen molar-refractivity contribution in [3.63, 3.8) is 0 Å². The molecule has 140 valence electrons. The van der Waals surface area contributed by atoms with Gasteiger partial charge < -0.3 is 21.1 Å². The largest absolute Gasteiger partial charge is 0.483 e. The highest BCUT2D eigenvalue weighted by Gasteiger charge is 2.36. The molecule has 0 radical (unpaired) electrons. The quantitative estimate of drug-likeness (QED) is 0.477. The van der Waals surface area contributed by atoms with Gasteiger partial charge in [-0.05, 0) is 50.9 Å². The summed E-state index contributed by atoms with van der Waals surface area (Å²) in [7, 11) is 2.22. The lowest BCUT2D eigenvalue weighted by atomic mass is 9.82. The Balaban J connectivity index is 0.000000613. The van der Waals surface area contributed by atoms with Gasteiger partial charge in [-0.15, -0.1) is 0 Å². The smallest absolute Gasteiger partial charge is 0.290 e. The number of nitrogens with two attached hydrogens (primary N) is 1. The van der Waals surface area contributed by atoms with Crippen molar-refractivity contribution >= 4 is 29.0 Å². The second-order valence-corrected chi connectivity index (χ2v) is 7.03. The van der Waals surface area contributed by atoms with Gasteiger partial charge in [-0.25, -0.2) is 0 Å². The molecule has 1 aromatic carbocycles. The monoisotopic (exact) mass is 359 g/mol. The van der Waals surface area contributed by atoms with Crippen molar-refractivity contribution in [3.8, 4) is 0 Å². The third kappa shape index (κ3) is 3.65. The first-order valence-electron chi connectivity index (χ1n) is 8.87. The Morgan fingerprint density at radius 3 is 2.69 bits per heavy atom. The summed E-state index contributed by atoms with van der Waals surface area (Å²) in [5.41, 5.74) is 7.75. The lowest BCUT2D eigenvalue weighted by Gasteiger charge is -2.47.